The third-order valence-electron chi connectivity index (χ3n) is 5.62. The molecular weight excluding hydrogens is 444 g/mol. The van der Waals surface area contributed by atoms with Gasteiger partial charge in [-0.05, 0) is 61.0 Å². The van der Waals surface area contributed by atoms with Crippen molar-refractivity contribution in [1.29, 1.82) is 0 Å². The van der Waals surface area contributed by atoms with E-state index in [1.54, 1.807) is 19.2 Å². The highest BCUT2D eigenvalue weighted by atomic mass is 32.2. The zero-order valence-corrected chi connectivity index (χ0v) is 20.6. The van der Waals surface area contributed by atoms with Crippen molar-refractivity contribution in [3.05, 3.63) is 48.0 Å². The van der Waals surface area contributed by atoms with Gasteiger partial charge in [0.1, 0.15) is 5.75 Å². The average molecular weight is 477 g/mol. The van der Waals surface area contributed by atoms with Crippen LogP contribution in [0.2, 0.25) is 0 Å². The molecule has 0 spiro atoms. The maximum atomic E-state index is 13.1. The normalized spacial score (nSPS) is 13.9. The second-order valence-corrected chi connectivity index (χ2v) is 9.96. The molecule has 0 atom stereocenters. The Kier molecular flexibility index (Phi) is 8.33. The molecule has 2 aromatic rings. The lowest BCUT2D eigenvalue weighted by Gasteiger charge is -2.24. The molecule has 0 unspecified atom stereocenters. The number of ether oxygens (including phenoxy) is 1. The topological polar surface area (TPSA) is 73.9 Å². The van der Waals surface area contributed by atoms with E-state index < -0.39 is 10.0 Å². The van der Waals surface area contributed by atoms with Gasteiger partial charge in [0.2, 0.25) is 10.0 Å². The molecule has 7 nitrogen and oxygen atoms in total. The summed E-state index contributed by atoms with van der Waals surface area (Å²) >= 11 is 5.53. The van der Waals surface area contributed by atoms with Gasteiger partial charge >= 0.3 is 0 Å². The van der Waals surface area contributed by atoms with Crippen LogP contribution in [0.4, 0.5) is 11.4 Å². The standard InChI is InChI=1S/C23H32N4O3S2/c1-4-27(5-2)32(28,29)20-12-13-22(26-14-6-7-15-26)21(16-20)25-23(31)24-17-18-8-10-19(30-3)11-9-18/h8-13,16H,4-7,14-15,17H2,1-3H3,(H2,24,25,31). The highest BCUT2D eigenvalue weighted by Crippen LogP contribution is 2.32. The van der Waals surface area contributed by atoms with Crippen LogP contribution in [0.25, 0.3) is 0 Å². The van der Waals surface area contributed by atoms with E-state index in [0.29, 0.717) is 30.4 Å². The minimum absolute atomic E-state index is 0.268. The number of anilines is 2. The number of sulfonamides is 1. The molecule has 1 heterocycles. The van der Waals surface area contributed by atoms with Crippen LogP contribution >= 0.6 is 12.2 Å². The molecule has 0 amide bonds. The fourth-order valence-corrected chi connectivity index (χ4v) is 5.48. The van der Waals surface area contributed by atoms with Gasteiger partial charge in [-0.25, -0.2) is 8.42 Å². The Labute approximate surface area is 196 Å². The summed E-state index contributed by atoms with van der Waals surface area (Å²) in [5.41, 5.74) is 2.73. The van der Waals surface area contributed by atoms with Crippen molar-refractivity contribution in [3.63, 3.8) is 0 Å². The molecule has 0 aromatic heterocycles. The predicted molar refractivity (Wildman–Crippen MR) is 134 cm³/mol. The third kappa shape index (κ3) is 5.70. The third-order valence-corrected chi connectivity index (χ3v) is 7.91. The molecule has 1 fully saturated rings. The Bertz CT molecular complexity index is 1020. The fourth-order valence-electron chi connectivity index (χ4n) is 3.81. The van der Waals surface area contributed by atoms with Crippen molar-refractivity contribution in [1.82, 2.24) is 9.62 Å². The average Bonchev–Trinajstić information content (AvgIpc) is 3.33. The van der Waals surface area contributed by atoms with Crippen molar-refractivity contribution in [2.45, 2.75) is 38.1 Å². The number of hydrogen-bond donors (Lipinski definition) is 2. The molecule has 2 aromatic carbocycles. The monoisotopic (exact) mass is 476 g/mol. The van der Waals surface area contributed by atoms with E-state index >= 15 is 0 Å². The first kappa shape index (κ1) is 24.3. The molecule has 0 saturated carbocycles. The predicted octanol–water partition coefficient (Wildman–Crippen LogP) is 3.81. The zero-order valence-electron chi connectivity index (χ0n) is 18.9. The number of methoxy groups -OCH3 is 1. The first-order valence-electron chi connectivity index (χ1n) is 11.0. The molecule has 1 aliphatic rings. The number of benzene rings is 2. The molecule has 3 rings (SSSR count). The number of rotatable bonds is 9. The van der Waals surface area contributed by atoms with E-state index in [9.17, 15) is 8.42 Å². The lowest BCUT2D eigenvalue weighted by Crippen LogP contribution is -2.31. The van der Waals surface area contributed by atoms with Gasteiger partial charge in [-0.2, -0.15) is 4.31 Å². The molecule has 0 aliphatic carbocycles. The lowest BCUT2D eigenvalue weighted by atomic mass is 10.2. The Morgan fingerprint density at radius 2 is 1.75 bits per heavy atom. The number of nitrogens with one attached hydrogen (secondary N) is 2. The number of hydrogen-bond acceptors (Lipinski definition) is 5. The molecule has 2 N–H and O–H groups in total. The van der Waals surface area contributed by atoms with Crippen molar-refractivity contribution in [3.8, 4) is 5.75 Å². The van der Waals surface area contributed by atoms with Gasteiger partial charge in [-0.3, -0.25) is 0 Å². The van der Waals surface area contributed by atoms with Crippen molar-refractivity contribution in [2.75, 3.05) is 43.5 Å². The van der Waals surface area contributed by atoms with Crippen LogP contribution in [0.3, 0.4) is 0 Å². The minimum atomic E-state index is -3.56. The summed E-state index contributed by atoms with van der Waals surface area (Å²) in [6, 6.07) is 13.0. The highest BCUT2D eigenvalue weighted by molar-refractivity contribution is 7.89. The summed E-state index contributed by atoms with van der Waals surface area (Å²) in [4.78, 5) is 2.53. The summed E-state index contributed by atoms with van der Waals surface area (Å²) in [7, 11) is -1.92. The van der Waals surface area contributed by atoms with Crippen molar-refractivity contribution in [2.24, 2.45) is 0 Å². The summed E-state index contributed by atoms with van der Waals surface area (Å²) in [6.07, 6.45) is 2.25. The lowest BCUT2D eigenvalue weighted by molar-refractivity contribution is 0.414. The Morgan fingerprint density at radius 3 is 2.34 bits per heavy atom. The van der Waals surface area contributed by atoms with Gasteiger partial charge in [0.25, 0.3) is 0 Å². The van der Waals surface area contributed by atoms with Crippen LogP contribution in [0.1, 0.15) is 32.3 Å². The Hall–Kier alpha value is -2.36. The van der Waals surface area contributed by atoms with Crippen LogP contribution < -0.4 is 20.3 Å². The molecule has 1 aliphatic heterocycles. The smallest absolute Gasteiger partial charge is 0.243 e. The van der Waals surface area contributed by atoms with Gasteiger partial charge in [0.05, 0.1) is 23.4 Å². The summed E-state index contributed by atoms with van der Waals surface area (Å²) in [5, 5.41) is 6.89. The molecule has 174 valence electrons. The van der Waals surface area contributed by atoms with Crippen LogP contribution in [-0.2, 0) is 16.6 Å². The number of thiocarbonyl (C=S) groups is 1. The van der Waals surface area contributed by atoms with Crippen LogP contribution in [0.5, 0.6) is 5.75 Å². The Morgan fingerprint density at radius 1 is 1.09 bits per heavy atom. The first-order chi connectivity index (χ1) is 15.4. The number of nitrogens with zero attached hydrogens (tertiary/aromatic N) is 2. The molecule has 0 bridgehead atoms. The largest absolute Gasteiger partial charge is 0.497 e. The maximum Gasteiger partial charge on any atom is 0.243 e. The SMILES string of the molecule is CCN(CC)S(=O)(=O)c1ccc(N2CCCC2)c(NC(=S)NCc2ccc(OC)cc2)c1. The minimum Gasteiger partial charge on any atom is -0.497 e. The molecule has 0 radical (unpaired) electrons. The van der Waals surface area contributed by atoms with E-state index in [2.05, 4.69) is 15.5 Å². The summed E-state index contributed by atoms with van der Waals surface area (Å²) < 4.78 is 32.8. The first-order valence-corrected chi connectivity index (χ1v) is 12.8. The van der Waals surface area contributed by atoms with Crippen LogP contribution in [-0.4, -0.2) is 51.1 Å². The van der Waals surface area contributed by atoms with E-state index in [1.807, 2.05) is 44.2 Å². The van der Waals surface area contributed by atoms with Crippen LogP contribution in [0, 0.1) is 0 Å². The maximum absolute atomic E-state index is 13.1. The van der Waals surface area contributed by atoms with Gasteiger partial charge in [0.15, 0.2) is 5.11 Å². The molecule has 9 heteroatoms. The second kappa shape index (κ2) is 11.0. The van der Waals surface area contributed by atoms with E-state index in [1.165, 1.54) is 4.31 Å². The van der Waals surface area contributed by atoms with E-state index in [-0.39, 0.29) is 4.90 Å². The van der Waals surface area contributed by atoms with Gasteiger partial charge in [-0.15, -0.1) is 0 Å². The molecule has 1 saturated heterocycles. The fraction of sp³-hybridized carbons (Fsp3) is 0.435. The van der Waals surface area contributed by atoms with E-state index in [0.717, 1.165) is 42.9 Å². The summed E-state index contributed by atoms with van der Waals surface area (Å²) in [6.45, 7) is 6.99. The van der Waals surface area contributed by atoms with Crippen molar-refractivity contribution < 1.29 is 13.2 Å². The second-order valence-electron chi connectivity index (χ2n) is 7.62. The molecular formula is C23H32N4O3S2. The highest BCUT2D eigenvalue weighted by Gasteiger charge is 2.24. The van der Waals surface area contributed by atoms with Gasteiger partial charge < -0.3 is 20.3 Å². The van der Waals surface area contributed by atoms with Crippen LogP contribution in [0.15, 0.2) is 47.4 Å². The van der Waals surface area contributed by atoms with E-state index in [4.69, 9.17) is 17.0 Å². The summed E-state index contributed by atoms with van der Waals surface area (Å²) in [5.74, 6) is 0.802. The van der Waals surface area contributed by atoms with Crippen molar-refractivity contribution >= 4 is 38.7 Å². The zero-order chi connectivity index (χ0) is 23.1. The van der Waals surface area contributed by atoms with Gasteiger partial charge in [0, 0.05) is 32.7 Å². The molecule has 32 heavy (non-hydrogen) atoms. The Balaban J connectivity index is 1.80. The quantitative estimate of drug-likeness (QED) is 0.533. The van der Waals surface area contributed by atoms with Gasteiger partial charge in [-0.1, -0.05) is 26.0 Å².